The van der Waals surface area contributed by atoms with Crippen molar-refractivity contribution in [3.8, 4) is 0 Å². The maximum Gasteiger partial charge on any atom is 0.415 e. The molecule has 104 valence electrons. The summed E-state index contributed by atoms with van der Waals surface area (Å²) in [5.41, 5.74) is 0. The zero-order chi connectivity index (χ0) is 14.1. The Hall–Kier alpha value is -1.43. The predicted octanol–water partition coefficient (Wildman–Crippen LogP) is 2.90. The molecule has 0 aliphatic carbocycles. The molecule has 1 amide bonds. The fourth-order valence-corrected chi connectivity index (χ4v) is 1.28. The van der Waals surface area contributed by atoms with Crippen molar-refractivity contribution in [2.45, 2.75) is 32.8 Å². The molecule has 1 unspecified atom stereocenters. The molecule has 1 N–H and O–H groups in total. The van der Waals surface area contributed by atoms with Gasteiger partial charge >= 0.3 is 12.2 Å². The summed E-state index contributed by atoms with van der Waals surface area (Å²) in [6.45, 7) is 7.52. The van der Waals surface area contributed by atoms with Crippen LogP contribution in [0, 0.1) is 0 Å². The Balaban J connectivity index is 4.70. The van der Waals surface area contributed by atoms with Gasteiger partial charge in [-0.2, -0.15) is 8.78 Å². The number of nitrogens with zero attached hydrogens (tertiary/aromatic N) is 1. The van der Waals surface area contributed by atoms with E-state index in [4.69, 9.17) is 0 Å². The molecule has 1 atom stereocenters. The van der Waals surface area contributed by atoms with Gasteiger partial charge in [-0.3, -0.25) is 0 Å². The van der Waals surface area contributed by atoms with Gasteiger partial charge in [0, 0.05) is 13.1 Å². The third-order valence-electron chi connectivity index (χ3n) is 2.35. The second kappa shape index (κ2) is 8.63. The van der Waals surface area contributed by atoms with Crippen molar-refractivity contribution in [2.24, 2.45) is 0 Å². The van der Waals surface area contributed by atoms with Gasteiger partial charge in [-0.1, -0.05) is 6.08 Å². The van der Waals surface area contributed by atoms with Crippen LogP contribution in [-0.4, -0.2) is 35.3 Å². The minimum atomic E-state index is -2.19. The van der Waals surface area contributed by atoms with Crippen LogP contribution < -0.4 is 0 Å². The Morgan fingerprint density at radius 2 is 2.00 bits per heavy atom. The smallest absolute Gasteiger partial charge is 0.406 e. The number of hydrogen-bond acceptors (Lipinski definition) is 3. The maximum absolute atomic E-state index is 12.6. The monoisotopic (exact) mass is 263 g/mol. The Morgan fingerprint density at radius 3 is 2.39 bits per heavy atom. The number of amides is 1. The molecule has 0 aromatic rings. The highest BCUT2D eigenvalue weighted by atomic mass is 19.3. The third-order valence-corrected chi connectivity index (χ3v) is 2.35. The lowest BCUT2D eigenvalue weighted by atomic mass is 10.2. The first-order chi connectivity index (χ1) is 8.47. The van der Waals surface area contributed by atoms with Crippen LogP contribution in [0.5, 0.6) is 0 Å². The van der Waals surface area contributed by atoms with E-state index in [0.717, 1.165) is 0 Å². The molecule has 0 spiro atoms. The SMILES string of the molecule is C=CCCC(O)C(OC(=O)N(CC)CC)=C(F)F. The zero-order valence-electron chi connectivity index (χ0n) is 10.7. The molecule has 0 heterocycles. The van der Waals surface area contributed by atoms with Crippen LogP contribution in [-0.2, 0) is 4.74 Å². The number of carbonyl (C=O) groups is 1. The summed E-state index contributed by atoms with van der Waals surface area (Å²) < 4.78 is 29.8. The second-order valence-corrected chi connectivity index (χ2v) is 3.55. The van der Waals surface area contributed by atoms with Crippen molar-refractivity contribution in [3.63, 3.8) is 0 Å². The number of halogens is 2. The summed E-state index contributed by atoms with van der Waals surface area (Å²) in [4.78, 5) is 12.7. The highest BCUT2D eigenvalue weighted by molar-refractivity contribution is 5.68. The average Bonchev–Trinajstić information content (AvgIpc) is 2.34. The van der Waals surface area contributed by atoms with Crippen molar-refractivity contribution in [3.05, 3.63) is 24.5 Å². The molecule has 6 heteroatoms. The number of allylic oxidation sites excluding steroid dienone is 1. The van der Waals surface area contributed by atoms with E-state index < -0.39 is 24.0 Å². The van der Waals surface area contributed by atoms with Gasteiger partial charge in [0.15, 0.2) is 0 Å². The zero-order valence-corrected chi connectivity index (χ0v) is 10.7. The molecule has 0 fully saturated rings. The topological polar surface area (TPSA) is 49.8 Å². The quantitative estimate of drug-likeness (QED) is 0.567. The van der Waals surface area contributed by atoms with E-state index in [-0.39, 0.29) is 6.42 Å². The predicted molar refractivity (Wildman–Crippen MR) is 64.1 cm³/mol. The Labute approximate surface area is 106 Å². The Morgan fingerprint density at radius 1 is 1.44 bits per heavy atom. The van der Waals surface area contributed by atoms with E-state index in [9.17, 15) is 18.7 Å². The highest BCUT2D eigenvalue weighted by Crippen LogP contribution is 2.18. The highest BCUT2D eigenvalue weighted by Gasteiger charge is 2.23. The summed E-state index contributed by atoms with van der Waals surface area (Å²) in [5, 5.41) is 9.51. The first kappa shape index (κ1) is 16.6. The third kappa shape index (κ3) is 5.27. The van der Waals surface area contributed by atoms with E-state index >= 15 is 0 Å². The molecule has 0 saturated carbocycles. The van der Waals surface area contributed by atoms with Gasteiger partial charge in [-0.05, 0) is 26.7 Å². The summed E-state index contributed by atoms with van der Waals surface area (Å²) in [6.07, 6.45) is -2.72. The molecular weight excluding hydrogens is 244 g/mol. The van der Waals surface area contributed by atoms with Crippen molar-refractivity contribution >= 4 is 6.09 Å². The standard InChI is InChI=1S/C12H19F2NO3/c1-4-7-8-9(16)10(11(13)14)18-12(17)15(5-2)6-3/h4,9,16H,1,5-8H2,2-3H3. The summed E-state index contributed by atoms with van der Waals surface area (Å²) in [6, 6.07) is 0. The van der Waals surface area contributed by atoms with E-state index in [1.54, 1.807) is 13.8 Å². The Bertz CT molecular complexity index is 310. The molecule has 0 rings (SSSR count). The number of carbonyl (C=O) groups excluding carboxylic acids is 1. The van der Waals surface area contributed by atoms with E-state index in [0.29, 0.717) is 19.5 Å². The minimum Gasteiger partial charge on any atom is -0.406 e. The van der Waals surface area contributed by atoms with Gasteiger partial charge in [0.1, 0.15) is 6.10 Å². The number of aliphatic hydroxyl groups is 1. The van der Waals surface area contributed by atoms with Crippen LogP contribution in [0.4, 0.5) is 13.6 Å². The van der Waals surface area contributed by atoms with E-state index in [2.05, 4.69) is 11.3 Å². The van der Waals surface area contributed by atoms with Gasteiger partial charge < -0.3 is 14.7 Å². The first-order valence-corrected chi connectivity index (χ1v) is 5.78. The van der Waals surface area contributed by atoms with Crippen molar-refractivity contribution in [2.75, 3.05) is 13.1 Å². The largest absolute Gasteiger partial charge is 0.415 e. The molecule has 0 saturated heterocycles. The van der Waals surface area contributed by atoms with Gasteiger partial charge in [0.05, 0.1) is 0 Å². The fourth-order valence-electron chi connectivity index (χ4n) is 1.28. The molecule has 0 radical (unpaired) electrons. The molecule has 0 aromatic carbocycles. The molecule has 0 aliphatic heterocycles. The summed E-state index contributed by atoms with van der Waals surface area (Å²) in [7, 11) is 0. The van der Waals surface area contributed by atoms with Gasteiger partial charge in [-0.15, -0.1) is 6.58 Å². The van der Waals surface area contributed by atoms with Gasteiger partial charge in [0.2, 0.25) is 5.76 Å². The average molecular weight is 263 g/mol. The molecule has 0 aromatic heterocycles. The fraction of sp³-hybridized carbons (Fsp3) is 0.583. The number of hydrogen-bond donors (Lipinski definition) is 1. The number of rotatable bonds is 7. The molecule has 0 aliphatic rings. The minimum absolute atomic E-state index is 0.0295. The van der Waals surface area contributed by atoms with Crippen LogP contribution in [0.2, 0.25) is 0 Å². The van der Waals surface area contributed by atoms with Crippen molar-refractivity contribution in [1.82, 2.24) is 4.90 Å². The first-order valence-electron chi connectivity index (χ1n) is 5.78. The van der Waals surface area contributed by atoms with Crippen LogP contribution in [0.3, 0.4) is 0 Å². The van der Waals surface area contributed by atoms with E-state index in [1.165, 1.54) is 11.0 Å². The lowest BCUT2D eigenvalue weighted by molar-refractivity contribution is 0.0804. The second-order valence-electron chi connectivity index (χ2n) is 3.55. The molecule has 18 heavy (non-hydrogen) atoms. The van der Waals surface area contributed by atoms with Crippen LogP contribution in [0.1, 0.15) is 26.7 Å². The molecule has 4 nitrogen and oxygen atoms in total. The Kier molecular flexibility index (Phi) is 7.94. The summed E-state index contributed by atoms with van der Waals surface area (Å²) in [5.74, 6) is -0.978. The number of ether oxygens (including phenoxy) is 1. The number of aliphatic hydroxyl groups excluding tert-OH is 1. The maximum atomic E-state index is 12.6. The van der Waals surface area contributed by atoms with Crippen LogP contribution in [0.15, 0.2) is 24.5 Å². The van der Waals surface area contributed by atoms with Crippen LogP contribution >= 0.6 is 0 Å². The van der Waals surface area contributed by atoms with E-state index in [1.807, 2.05) is 0 Å². The normalized spacial score (nSPS) is 11.6. The van der Waals surface area contributed by atoms with Crippen LogP contribution in [0.25, 0.3) is 0 Å². The van der Waals surface area contributed by atoms with Gasteiger partial charge in [0.25, 0.3) is 0 Å². The van der Waals surface area contributed by atoms with Crippen molar-refractivity contribution in [1.29, 1.82) is 0 Å². The lowest BCUT2D eigenvalue weighted by Crippen LogP contribution is -2.32. The molecule has 0 bridgehead atoms. The summed E-state index contributed by atoms with van der Waals surface area (Å²) >= 11 is 0. The lowest BCUT2D eigenvalue weighted by Gasteiger charge is -2.20. The molecular formula is C12H19F2NO3. The van der Waals surface area contributed by atoms with Gasteiger partial charge in [-0.25, -0.2) is 4.79 Å². The van der Waals surface area contributed by atoms with Crippen molar-refractivity contribution < 1.29 is 23.4 Å².